The lowest BCUT2D eigenvalue weighted by Crippen LogP contribution is -2.38. The van der Waals surface area contributed by atoms with Crippen LogP contribution in [0.15, 0.2) is 0 Å². The summed E-state index contributed by atoms with van der Waals surface area (Å²) < 4.78 is 5.49. The lowest BCUT2D eigenvalue weighted by Gasteiger charge is -2.31. The largest absolute Gasteiger partial charge is 0.379 e. The van der Waals surface area contributed by atoms with E-state index in [-0.39, 0.29) is 5.60 Å². The quantitative estimate of drug-likeness (QED) is 0.671. The van der Waals surface area contributed by atoms with Crippen LogP contribution >= 0.6 is 0 Å². The van der Waals surface area contributed by atoms with Gasteiger partial charge in [0.1, 0.15) is 0 Å². The average Bonchev–Trinajstić information content (AvgIpc) is 2.17. The van der Waals surface area contributed by atoms with Gasteiger partial charge in [0.05, 0.1) is 5.60 Å². The number of rotatable bonds is 8. The highest BCUT2D eigenvalue weighted by molar-refractivity contribution is 4.79. The first-order chi connectivity index (χ1) is 6.96. The van der Waals surface area contributed by atoms with Crippen LogP contribution in [0.2, 0.25) is 0 Å². The number of hydrogen-bond donors (Lipinski definition) is 1. The Bertz CT molecular complexity index is 151. The van der Waals surface area contributed by atoms with Crippen molar-refractivity contribution in [1.82, 2.24) is 5.32 Å². The average molecular weight is 215 g/mol. The van der Waals surface area contributed by atoms with Crippen LogP contribution in [0.5, 0.6) is 0 Å². The highest BCUT2D eigenvalue weighted by Gasteiger charge is 2.24. The molecule has 0 aliphatic carbocycles. The molecule has 0 aliphatic rings. The predicted molar refractivity (Wildman–Crippen MR) is 67.2 cm³/mol. The Labute approximate surface area is 95.8 Å². The lowest BCUT2D eigenvalue weighted by atomic mass is 9.87. The van der Waals surface area contributed by atoms with Gasteiger partial charge in [-0.15, -0.1) is 0 Å². The van der Waals surface area contributed by atoms with E-state index in [4.69, 9.17) is 4.74 Å². The molecule has 0 aromatic carbocycles. The summed E-state index contributed by atoms with van der Waals surface area (Å²) in [6.45, 7) is 12.1. The Hall–Kier alpha value is -0.0800. The van der Waals surface area contributed by atoms with E-state index in [9.17, 15) is 0 Å². The van der Waals surface area contributed by atoms with E-state index in [1.54, 1.807) is 7.11 Å². The van der Waals surface area contributed by atoms with E-state index in [0.717, 1.165) is 13.0 Å². The maximum atomic E-state index is 5.49. The van der Waals surface area contributed by atoms with Crippen molar-refractivity contribution in [3.63, 3.8) is 0 Å². The summed E-state index contributed by atoms with van der Waals surface area (Å²) in [4.78, 5) is 0. The maximum Gasteiger partial charge on any atom is 0.0625 e. The van der Waals surface area contributed by atoms with Crippen LogP contribution in [0.3, 0.4) is 0 Å². The van der Waals surface area contributed by atoms with Gasteiger partial charge in [-0.3, -0.25) is 0 Å². The first kappa shape index (κ1) is 14.9. The Kier molecular flexibility index (Phi) is 7.20. The third-order valence-electron chi connectivity index (χ3n) is 3.12. The van der Waals surface area contributed by atoms with Crippen LogP contribution in [0, 0.1) is 5.92 Å². The van der Waals surface area contributed by atoms with Crippen LogP contribution in [0.4, 0.5) is 0 Å². The second-order valence-corrected chi connectivity index (χ2v) is 5.10. The molecular formula is C13H29NO. The zero-order chi connectivity index (χ0) is 11.9. The summed E-state index contributed by atoms with van der Waals surface area (Å²) in [7, 11) is 1.80. The van der Waals surface area contributed by atoms with E-state index in [1.807, 2.05) is 0 Å². The normalized spacial score (nSPS) is 16.4. The number of hydrogen-bond acceptors (Lipinski definition) is 2. The van der Waals surface area contributed by atoms with Crippen molar-refractivity contribution in [2.24, 2.45) is 5.92 Å². The monoisotopic (exact) mass is 215 g/mol. The zero-order valence-electron chi connectivity index (χ0n) is 11.4. The fourth-order valence-corrected chi connectivity index (χ4v) is 2.16. The molecule has 0 saturated heterocycles. The van der Waals surface area contributed by atoms with Gasteiger partial charge in [0, 0.05) is 13.2 Å². The van der Waals surface area contributed by atoms with Crippen molar-refractivity contribution >= 4 is 0 Å². The van der Waals surface area contributed by atoms with Crippen molar-refractivity contribution < 1.29 is 4.74 Å². The number of methoxy groups -OCH3 is 1. The Balaban J connectivity index is 4.17. The Morgan fingerprint density at radius 3 is 2.27 bits per heavy atom. The second-order valence-electron chi connectivity index (χ2n) is 5.10. The predicted octanol–water partition coefficient (Wildman–Crippen LogP) is 3.22. The smallest absolute Gasteiger partial charge is 0.0625 e. The van der Waals surface area contributed by atoms with E-state index in [0.29, 0.717) is 12.0 Å². The first-order valence-corrected chi connectivity index (χ1v) is 6.25. The molecule has 2 heteroatoms. The minimum atomic E-state index is 0.000823. The molecule has 0 bridgehead atoms. The summed E-state index contributed by atoms with van der Waals surface area (Å²) in [5.74, 6) is 0.667. The van der Waals surface area contributed by atoms with Gasteiger partial charge < -0.3 is 10.1 Å². The summed E-state index contributed by atoms with van der Waals surface area (Å²) in [6.07, 6.45) is 3.62. The molecule has 15 heavy (non-hydrogen) atoms. The Morgan fingerprint density at radius 1 is 1.27 bits per heavy atom. The molecular weight excluding hydrogens is 186 g/mol. The molecule has 0 fully saturated rings. The van der Waals surface area contributed by atoms with Gasteiger partial charge in [0.15, 0.2) is 0 Å². The second kappa shape index (κ2) is 7.24. The summed E-state index contributed by atoms with van der Waals surface area (Å²) in [5.41, 5.74) is 0.000823. The topological polar surface area (TPSA) is 21.3 Å². The van der Waals surface area contributed by atoms with Gasteiger partial charge in [-0.05, 0) is 39.2 Å². The molecule has 2 nitrogen and oxygen atoms in total. The molecule has 2 atom stereocenters. The summed E-state index contributed by atoms with van der Waals surface area (Å²) in [6, 6.07) is 0.634. The SMILES string of the molecule is CCCC(NCC)C(C)CC(C)(C)OC. The van der Waals surface area contributed by atoms with Crippen LogP contribution in [-0.4, -0.2) is 25.3 Å². The molecule has 0 radical (unpaired) electrons. The minimum absolute atomic E-state index is 0.000823. The van der Waals surface area contributed by atoms with E-state index in [1.165, 1.54) is 12.8 Å². The molecule has 2 unspecified atom stereocenters. The van der Waals surface area contributed by atoms with Crippen molar-refractivity contribution in [3.8, 4) is 0 Å². The van der Waals surface area contributed by atoms with E-state index >= 15 is 0 Å². The van der Waals surface area contributed by atoms with Gasteiger partial charge in [0.2, 0.25) is 0 Å². The molecule has 0 saturated carbocycles. The Morgan fingerprint density at radius 2 is 1.87 bits per heavy atom. The molecule has 92 valence electrons. The highest BCUT2D eigenvalue weighted by Crippen LogP contribution is 2.23. The summed E-state index contributed by atoms with van der Waals surface area (Å²) in [5, 5.41) is 3.57. The molecule has 1 N–H and O–H groups in total. The van der Waals surface area contributed by atoms with Crippen molar-refractivity contribution in [2.75, 3.05) is 13.7 Å². The number of nitrogens with one attached hydrogen (secondary N) is 1. The molecule has 0 heterocycles. The molecule has 0 rings (SSSR count). The standard InChI is InChI=1S/C13H29NO/c1-7-9-12(14-8-2)11(3)10-13(4,5)15-6/h11-12,14H,7-10H2,1-6H3. The fraction of sp³-hybridized carbons (Fsp3) is 1.00. The van der Waals surface area contributed by atoms with E-state index < -0.39 is 0 Å². The van der Waals surface area contributed by atoms with Crippen LogP contribution in [0.1, 0.15) is 53.9 Å². The van der Waals surface area contributed by atoms with Crippen LogP contribution in [0.25, 0.3) is 0 Å². The fourth-order valence-electron chi connectivity index (χ4n) is 2.16. The van der Waals surface area contributed by atoms with Crippen molar-refractivity contribution in [1.29, 1.82) is 0 Å². The third-order valence-corrected chi connectivity index (χ3v) is 3.12. The lowest BCUT2D eigenvalue weighted by molar-refractivity contribution is -0.000667. The minimum Gasteiger partial charge on any atom is -0.379 e. The van der Waals surface area contributed by atoms with Gasteiger partial charge >= 0.3 is 0 Å². The maximum absolute atomic E-state index is 5.49. The van der Waals surface area contributed by atoms with Gasteiger partial charge in [0.25, 0.3) is 0 Å². The molecule has 0 aliphatic heterocycles. The molecule has 0 aromatic rings. The molecule has 0 amide bonds. The highest BCUT2D eigenvalue weighted by atomic mass is 16.5. The van der Waals surface area contributed by atoms with Crippen molar-refractivity contribution in [3.05, 3.63) is 0 Å². The zero-order valence-corrected chi connectivity index (χ0v) is 11.4. The first-order valence-electron chi connectivity index (χ1n) is 6.25. The van der Waals surface area contributed by atoms with Gasteiger partial charge in [-0.2, -0.15) is 0 Å². The van der Waals surface area contributed by atoms with E-state index in [2.05, 4.69) is 39.9 Å². The van der Waals surface area contributed by atoms with Crippen LogP contribution in [-0.2, 0) is 4.74 Å². The van der Waals surface area contributed by atoms with Gasteiger partial charge in [-0.25, -0.2) is 0 Å². The van der Waals surface area contributed by atoms with Gasteiger partial charge in [-0.1, -0.05) is 27.2 Å². The van der Waals surface area contributed by atoms with Crippen molar-refractivity contribution in [2.45, 2.75) is 65.5 Å². The van der Waals surface area contributed by atoms with Crippen LogP contribution < -0.4 is 5.32 Å². The number of ether oxygens (including phenoxy) is 1. The molecule has 0 aromatic heterocycles. The third kappa shape index (κ3) is 6.16. The summed E-state index contributed by atoms with van der Waals surface area (Å²) >= 11 is 0. The molecule has 0 spiro atoms.